The molecule has 0 aliphatic rings. The lowest BCUT2D eigenvalue weighted by Gasteiger charge is -2.09. The van der Waals surface area contributed by atoms with E-state index in [1.54, 1.807) is 19.2 Å². The smallest absolute Gasteiger partial charge is 0.262 e. The van der Waals surface area contributed by atoms with Crippen molar-refractivity contribution < 1.29 is 8.42 Å². The van der Waals surface area contributed by atoms with Crippen molar-refractivity contribution in [1.29, 1.82) is 0 Å². The number of nitrogens with zero attached hydrogens (tertiary/aromatic N) is 1. The maximum atomic E-state index is 12.2. The molecule has 0 atom stereocenters. The van der Waals surface area contributed by atoms with Crippen LogP contribution < -0.4 is 10.0 Å². The third kappa shape index (κ3) is 3.41. The number of aromatic nitrogens is 1. The number of sulfonamides is 1. The Bertz CT molecular complexity index is 737. The Hall–Kier alpha value is -1.31. The van der Waals surface area contributed by atoms with E-state index >= 15 is 0 Å². The molecule has 0 spiro atoms. The third-order valence-electron chi connectivity index (χ3n) is 2.47. The lowest BCUT2D eigenvalue weighted by atomic mass is 10.3. The molecule has 2 aromatic rings. The lowest BCUT2D eigenvalue weighted by Crippen LogP contribution is -2.13. The molecule has 8 heteroatoms. The minimum atomic E-state index is -3.68. The minimum absolute atomic E-state index is 0.121. The van der Waals surface area contributed by atoms with E-state index in [0.717, 1.165) is 0 Å². The van der Waals surface area contributed by atoms with Gasteiger partial charge >= 0.3 is 0 Å². The zero-order valence-electron chi connectivity index (χ0n) is 10.4. The number of pyridine rings is 1. The summed E-state index contributed by atoms with van der Waals surface area (Å²) in [7, 11) is -2.01. The Labute approximate surface area is 130 Å². The van der Waals surface area contributed by atoms with Crippen molar-refractivity contribution >= 4 is 49.1 Å². The van der Waals surface area contributed by atoms with E-state index in [4.69, 9.17) is 11.6 Å². The van der Waals surface area contributed by atoms with E-state index < -0.39 is 10.0 Å². The highest BCUT2D eigenvalue weighted by atomic mass is 79.9. The normalized spacial score (nSPS) is 11.2. The fourth-order valence-electron chi connectivity index (χ4n) is 1.49. The third-order valence-corrected chi connectivity index (χ3v) is 5.08. The molecule has 2 rings (SSSR count). The Morgan fingerprint density at radius 3 is 2.65 bits per heavy atom. The van der Waals surface area contributed by atoms with Gasteiger partial charge in [-0.15, -0.1) is 0 Å². The first-order chi connectivity index (χ1) is 9.42. The molecule has 0 aliphatic heterocycles. The van der Waals surface area contributed by atoms with Crippen molar-refractivity contribution in [1.82, 2.24) is 4.98 Å². The van der Waals surface area contributed by atoms with E-state index in [9.17, 15) is 8.42 Å². The van der Waals surface area contributed by atoms with E-state index in [0.29, 0.717) is 21.0 Å². The van der Waals surface area contributed by atoms with Crippen LogP contribution in [-0.4, -0.2) is 20.4 Å². The number of hydrogen-bond acceptors (Lipinski definition) is 4. The molecule has 20 heavy (non-hydrogen) atoms. The van der Waals surface area contributed by atoms with Crippen molar-refractivity contribution in [3.8, 4) is 0 Å². The minimum Gasteiger partial charge on any atom is -0.373 e. The largest absolute Gasteiger partial charge is 0.373 e. The van der Waals surface area contributed by atoms with Crippen LogP contribution in [0.3, 0.4) is 0 Å². The Balaban J connectivity index is 2.32. The zero-order chi connectivity index (χ0) is 14.8. The average molecular weight is 377 g/mol. The molecule has 5 nitrogen and oxygen atoms in total. The van der Waals surface area contributed by atoms with Crippen LogP contribution in [0.1, 0.15) is 0 Å². The molecule has 0 saturated heterocycles. The highest BCUT2D eigenvalue weighted by molar-refractivity contribution is 9.10. The molecule has 106 valence electrons. The molecular formula is C12H11BrClN3O2S. The van der Waals surface area contributed by atoms with Gasteiger partial charge in [0.25, 0.3) is 10.0 Å². The standard InChI is InChI=1S/C12H11BrClN3O2S/c1-15-12-7-9(4-5-16-12)20(18,19)17-8-2-3-10(13)11(14)6-8/h2-7,17H,1H3,(H,15,16). The van der Waals surface area contributed by atoms with Gasteiger partial charge in [-0.1, -0.05) is 11.6 Å². The number of nitrogens with one attached hydrogen (secondary N) is 2. The average Bonchev–Trinajstić information content (AvgIpc) is 2.43. The molecule has 0 amide bonds. The highest BCUT2D eigenvalue weighted by Crippen LogP contribution is 2.27. The van der Waals surface area contributed by atoms with Crippen LogP contribution in [0.4, 0.5) is 11.5 Å². The second-order valence-corrected chi connectivity index (χ2v) is 6.81. The summed E-state index contributed by atoms with van der Waals surface area (Å²) in [4.78, 5) is 4.09. The number of anilines is 2. The summed E-state index contributed by atoms with van der Waals surface area (Å²) in [5.41, 5.74) is 0.390. The molecule has 0 radical (unpaired) electrons. The molecule has 2 N–H and O–H groups in total. The van der Waals surface area contributed by atoms with Gasteiger partial charge in [0.05, 0.1) is 15.6 Å². The summed E-state index contributed by atoms with van der Waals surface area (Å²) in [6, 6.07) is 7.69. The van der Waals surface area contributed by atoms with Crippen LogP contribution in [0, 0.1) is 0 Å². The second-order valence-electron chi connectivity index (χ2n) is 3.86. The Kier molecular flexibility index (Phi) is 4.52. The fourth-order valence-corrected chi connectivity index (χ4v) is 2.98. The van der Waals surface area contributed by atoms with E-state index in [1.165, 1.54) is 24.4 Å². The van der Waals surface area contributed by atoms with Gasteiger partial charge in [-0.2, -0.15) is 0 Å². The van der Waals surface area contributed by atoms with Crippen LogP contribution >= 0.6 is 27.5 Å². The molecule has 1 aromatic heterocycles. The maximum Gasteiger partial charge on any atom is 0.262 e. The van der Waals surface area contributed by atoms with E-state index in [-0.39, 0.29) is 4.90 Å². The number of hydrogen-bond donors (Lipinski definition) is 2. The number of benzene rings is 1. The molecular weight excluding hydrogens is 366 g/mol. The summed E-state index contributed by atoms with van der Waals surface area (Å²) in [6.45, 7) is 0. The highest BCUT2D eigenvalue weighted by Gasteiger charge is 2.15. The van der Waals surface area contributed by atoms with Gasteiger partial charge < -0.3 is 5.32 Å². The Morgan fingerprint density at radius 2 is 2.00 bits per heavy atom. The van der Waals surface area contributed by atoms with Crippen molar-refractivity contribution in [3.63, 3.8) is 0 Å². The summed E-state index contributed by atoms with van der Waals surface area (Å²) in [5, 5.41) is 3.22. The first-order valence-corrected chi connectivity index (χ1v) is 8.19. The van der Waals surface area contributed by atoms with Gasteiger partial charge in [0.15, 0.2) is 0 Å². The van der Waals surface area contributed by atoms with Gasteiger partial charge in [0.1, 0.15) is 5.82 Å². The van der Waals surface area contributed by atoms with Crippen molar-refractivity contribution in [2.45, 2.75) is 4.90 Å². The molecule has 1 heterocycles. The predicted octanol–water partition coefficient (Wildman–Crippen LogP) is 3.34. The van der Waals surface area contributed by atoms with Crippen molar-refractivity contribution in [3.05, 3.63) is 46.0 Å². The van der Waals surface area contributed by atoms with Crippen LogP contribution in [0.5, 0.6) is 0 Å². The molecule has 0 saturated carbocycles. The fraction of sp³-hybridized carbons (Fsp3) is 0.0833. The number of halogens is 2. The van der Waals surface area contributed by atoms with Gasteiger partial charge in [0.2, 0.25) is 0 Å². The van der Waals surface area contributed by atoms with Crippen LogP contribution in [0.15, 0.2) is 45.9 Å². The molecule has 0 aliphatic carbocycles. The zero-order valence-corrected chi connectivity index (χ0v) is 13.6. The van der Waals surface area contributed by atoms with Crippen LogP contribution in [0.25, 0.3) is 0 Å². The van der Waals surface area contributed by atoms with Crippen LogP contribution in [-0.2, 0) is 10.0 Å². The second kappa shape index (κ2) is 5.99. The molecule has 0 unspecified atom stereocenters. The summed E-state index contributed by atoms with van der Waals surface area (Å²) >= 11 is 9.18. The lowest BCUT2D eigenvalue weighted by molar-refractivity contribution is 0.601. The van der Waals surface area contributed by atoms with E-state index in [1.807, 2.05) is 0 Å². The van der Waals surface area contributed by atoms with Crippen LogP contribution in [0.2, 0.25) is 5.02 Å². The molecule has 1 aromatic carbocycles. The monoisotopic (exact) mass is 375 g/mol. The summed E-state index contributed by atoms with van der Waals surface area (Å²) in [6.07, 6.45) is 1.43. The van der Waals surface area contributed by atoms with Gasteiger partial charge in [-0.25, -0.2) is 13.4 Å². The van der Waals surface area contributed by atoms with Gasteiger partial charge in [0, 0.05) is 23.8 Å². The van der Waals surface area contributed by atoms with Crippen molar-refractivity contribution in [2.75, 3.05) is 17.1 Å². The molecule has 0 bridgehead atoms. The SMILES string of the molecule is CNc1cc(S(=O)(=O)Nc2ccc(Br)c(Cl)c2)ccn1. The predicted molar refractivity (Wildman–Crippen MR) is 83.7 cm³/mol. The first kappa shape index (κ1) is 15.1. The van der Waals surface area contributed by atoms with E-state index in [2.05, 4.69) is 31.0 Å². The first-order valence-electron chi connectivity index (χ1n) is 5.54. The van der Waals surface area contributed by atoms with Gasteiger partial charge in [-0.3, -0.25) is 4.72 Å². The summed E-state index contributed by atoms with van der Waals surface area (Å²) < 4.78 is 27.7. The summed E-state index contributed by atoms with van der Waals surface area (Å²) in [5.74, 6) is 0.474. The maximum absolute atomic E-state index is 12.2. The Morgan fingerprint density at radius 1 is 1.25 bits per heavy atom. The topological polar surface area (TPSA) is 71.1 Å². The molecule has 0 fully saturated rings. The number of rotatable bonds is 4. The van der Waals surface area contributed by atoms with Gasteiger partial charge in [-0.05, 0) is 40.2 Å². The van der Waals surface area contributed by atoms with Crippen molar-refractivity contribution in [2.24, 2.45) is 0 Å². The quantitative estimate of drug-likeness (QED) is 0.858.